The van der Waals surface area contributed by atoms with E-state index in [1.807, 2.05) is 24.3 Å². The van der Waals surface area contributed by atoms with Crippen LogP contribution >= 0.6 is 15.9 Å². The van der Waals surface area contributed by atoms with Crippen LogP contribution in [0.5, 0.6) is 0 Å². The smallest absolute Gasteiger partial charge is 0.303 e. The molecule has 1 aromatic rings. The van der Waals surface area contributed by atoms with E-state index in [0.29, 0.717) is 13.0 Å². The minimum absolute atomic E-state index is 0.108. The molecule has 4 nitrogen and oxygen atoms in total. The summed E-state index contributed by atoms with van der Waals surface area (Å²) >= 11 is 3.43. The molecule has 0 amide bonds. The summed E-state index contributed by atoms with van der Waals surface area (Å²) in [7, 11) is 0. The molecule has 1 aromatic carbocycles. The zero-order chi connectivity index (χ0) is 12.3. The lowest BCUT2D eigenvalue weighted by Crippen LogP contribution is -2.12. The van der Waals surface area contributed by atoms with Crippen molar-refractivity contribution >= 4 is 21.9 Å². The molecule has 2 rings (SSSR count). The fraction of sp³-hybridized carbons (Fsp3) is 0.417. The molecule has 1 N–H and O–H groups in total. The Morgan fingerprint density at radius 3 is 2.94 bits per heavy atom. The van der Waals surface area contributed by atoms with Crippen molar-refractivity contribution in [2.45, 2.75) is 25.2 Å². The zero-order valence-corrected chi connectivity index (χ0v) is 10.7. The van der Waals surface area contributed by atoms with E-state index in [1.165, 1.54) is 0 Å². The summed E-state index contributed by atoms with van der Waals surface area (Å²) < 4.78 is 12.1. The highest BCUT2D eigenvalue weighted by Gasteiger charge is 2.28. The average molecular weight is 301 g/mol. The molecule has 92 valence electrons. The molecule has 0 saturated carbocycles. The SMILES string of the molecule is O=C(O)CCC1COC(c2ccccc2Br)O1. The Hall–Kier alpha value is -0.910. The first-order valence-corrected chi connectivity index (χ1v) is 6.19. The van der Waals surface area contributed by atoms with Gasteiger partial charge in [0.05, 0.1) is 12.7 Å². The first-order valence-electron chi connectivity index (χ1n) is 5.40. The quantitative estimate of drug-likeness (QED) is 0.929. The van der Waals surface area contributed by atoms with Gasteiger partial charge >= 0.3 is 5.97 Å². The van der Waals surface area contributed by atoms with Gasteiger partial charge in [-0.15, -0.1) is 0 Å². The van der Waals surface area contributed by atoms with Crippen molar-refractivity contribution in [1.29, 1.82) is 0 Å². The first-order chi connectivity index (χ1) is 8.16. The van der Waals surface area contributed by atoms with Crippen LogP contribution in [0.4, 0.5) is 0 Å². The first kappa shape index (κ1) is 12.5. The van der Waals surface area contributed by atoms with Crippen LogP contribution in [0.3, 0.4) is 0 Å². The molecule has 0 spiro atoms. The van der Waals surface area contributed by atoms with Gasteiger partial charge < -0.3 is 14.6 Å². The fourth-order valence-corrected chi connectivity index (χ4v) is 2.18. The Morgan fingerprint density at radius 1 is 1.47 bits per heavy atom. The van der Waals surface area contributed by atoms with Crippen molar-refractivity contribution in [2.75, 3.05) is 6.61 Å². The monoisotopic (exact) mass is 300 g/mol. The molecular weight excluding hydrogens is 288 g/mol. The summed E-state index contributed by atoms with van der Waals surface area (Å²) in [6, 6.07) is 7.68. The zero-order valence-electron chi connectivity index (χ0n) is 9.14. The predicted molar refractivity (Wildman–Crippen MR) is 64.6 cm³/mol. The normalized spacial score (nSPS) is 23.8. The van der Waals surface area contributed by atoms with Gasteiger partial charge in [0, 0.05) is 16.5 Å². The number of carboxylic acid groups (broad SMARTS) is 1. The average Bonchev–Trinajstić information content (AvgIpc) is 2.75. The van der Waals surface area contributed by atoms with Gasteiger partial charge in [-0.1, -0.05) is 34.1 Å². The molecule has 1 heterocycles. The number of rotatable bonds is 4. The van der Waals surface area contributed by atoms with Gasteiger partial charge in [-0.25, -0.2) is 0 Å². The number of carbonyl (C=O) groups is 1. The molecule has 2 unspecified atom stereocenters. The fourth-order valence-electron chi connectivity index (χ4n) is 1.71. The van der Waals surface area contributed by atoms with Gasteiger partial charge in [0.1, 0.15) is 0 Å². The van der Waals surface area contributed by atoms with E-state index in [9.17, 15) is 4.79 Å². The van der Waals surface area contributed by atoms with Crippen LogP contribution in [0.1, 0.15) is 24.7 Å². The van der Waals surface area contributed by atoms with Gasteiger partial charge in [-0.2, -0.15) is 0 Å². The molecule has 1 fully saturated rings. The van der Waals surface area contributed by atoms with E-state index in [-0.39, 0.29) is 12.5 Å². The number of hydrogen-bond donors (Lipinski definition) is 1. The van der Waals surface area contributed by atoms with Crippen LogP contribution in [0.15, 0.2) is 28.7 Å². The molecule has 17 heavy (non-hydrogen) atoms. The number of aliphatic carboxylic acids is 1. The lowest BCUT2D eigenvalue weighted by Gasteiger charge is -2.12. The second-order valence-corrected chi connectivity index (χ2v) is 4.73. The Bertz CT molecular complexity index is 407. The second kappa shape index (κ2) is 5.62. The molecule has 1 aliphatic rings. The molecular formula is C12H13BrO4. The lowest BCUT2D eigenvalue weighted by atomic mass is 10.2. The van der Waals surface area contributed by atoms with Gasteiger partial charge in [0.2, 0.25) is 0 Å². The molecule has 0 radical (unpaired) electrons. The number of ether oxygens (including phenoxy) is 2. The summed E-state index contributed by atoms with van der Waals surface area (Å²) in [6.07, 6.45) is 0.0556. The van der Waals surface area contributed by atoms with E-state index in [0.717, 1.165) is 10.0 Å². The number of hydrogen-bond acceptors (Lipinski definition) is 3. The third kappa shape index (κ3) is 3.28. The molecule has 0 aromatic heterocycles. The predicted octanol–water partition coefficient (Wildman–Crippen LogP) is 2.73. The van der Waals surface area contributed by atoms with Crippen LogP contribution in [-0.4, -0.2) is 23.8 Å². The maximum Gasteiger partial charge on any atom is 0.303 e. The Balaban J connectivity index is 1.94. The highest BCUT2D eigenvalue weighted by molar-refractivity contribution is 9.10. The maximum atomic E-state index is 10.5. The van der Waals surface area contributed by atoms with E-state index < -0.39 is 12.3 Å². The van der Waals surface area contributed by atoms with Crippen molar-refractivity contribution in [3.8, 4) is 0 Å². The minimum atomic E-state index is -0.807. The Kier molecular flexibility index (Phi) is 4.15. The number of halogens is 1. The van der Waals surface area contributed by atoms with Gasteiger partial charge in [0.15, 0.2) is 6.29 Å². The Labute approximate surface area is 108 Å². The lowest BCUT2D eigenvalue weighted by molar-refractivity contribution is -0.138. The second-order valence-electron chi connectivity index (χ2n) is 3.88. The maximum absolute atomic E-state index is 10.5. The molecule has 2 atom stereocenters. The van der Waals surface area contributed by atoms with E-state index in [4.69, 9.17) is 14.6 Å². The third-order valence-electron chi connectivity index (χ3n) is 2.59. The number of benzene rings is 1. The summed E-state index contributed by atoms with van der Waals surface area (Å²) in [4.78, 5) is 10.5. The van der Waals surface area contributed by atoms with Crippen LogP contribution in [0.25, 0.3) is 0 Å². The van der Waals surface area contributed by atoms with Crippen LogP contribution < -0.4 is 0 Å². The van der Waals surface area contributed by atoms with Crippen molar-refractivity contribution in [3.63, 3.8) is 0 Å². The number of carboxylic acids is 1. The van der Waals surface area contributed by atoms with Gasteiger partial charge in [-0.05, 0) is 12.5 Å². The van der Waals surface area contributed by atoms with E-state index in [2.05, 4.69) is 15.9 Å². The van der Waals surface area contributed by atoms with Crippen LogP contribution in [-0.2, 0) is 14.3 Å². The molecule has 1 aliphatic heterocycles. The molecule has 5 heteroatoms. The summed E-state index contributed by atoms with van der Waals surface area (Å²) in [5.74, 6) is -0.807. The van der Waals surface area contributed by atoms with Crippen molar-refractivity contribution in [2.24, 2.45) is 0 Å². The molecule has 1 saturated heterocycles. The van der Waals surface area contributed by atoms with E-state index in [1.54, 1.807) is 0 Å². The topological polar surface area (TPSA) is 55.8 Å². The standard InChI is InChI=1S/C12H13BrO4/c13-10-4-2-1-3-9(10)12-16-7-8(17-12)5-6-11(14)15/h1-4,8,12H,5-7H2,(H,14,15). The van der Waals surface area contributed by atoms with Crippen LogP contribution in [0.2, 0.25) is 0 Å². The summed E-state index contributed by atoms with van der Waals surface area (Å²) in [5, 5.41) is 8.60. The van der Waals surface area contributed by atoms with Gasteiger partial charge in [0.25, 0.3) is 0 Å². The minimum Gasteiger partial charge on any atom is -0.481 e. The van der Waals surface area contributed by atoms with E-state index >= 15 is 0 Å². The van der Waals surface area contributed by atoms with Crippen molar-refractivity contribution < 1.29 is 19.4 Å². The highest BCUT2D eigenvalue weighted by Crippen LogP contribution is 2.32. The highest BCUT2D eigenvalue weighted by atomic mass is 79.9. The Morgan fingerprint density at radius 2 is 2.24 bits per heavy atom. The van der Waals surface area contributed by atoms with Crippen LogP contribution in [0, 0.1) is 0 Å². The molecule has 0 aliphatic carbocycles. The third-order valence-corrected chi connectivity index (χ3v) is 3.31. The summed E-state index contributed by atoms with van der Waals surface area (Å²) in [5.41, 5.74) is 0.935. The molecule has 0 bridgehead atoms. The largest absolute Gasteiger partial charge is 0.481 e. The van der Waals surface area contributed by atoms with Gasteiger partial charge in [-0.3, -0.25) is 4.79 Å². The van der Waals surface area contributed by atoms with Crippen molar-refractivity contribution in [1.82, 2.24) is 0 Å². The summed E-state index contributed by atoms with van der Waals surface area (Å²) in [6.45, 7) is 0.444. The van der Waals surface area contributed by atoms with Crippen molar-refractivity contribution in [3.05, 3.63) is 34.3 Å².